The number of para-hydroxylation sites is 1. The average molecular weight is 287 g/mol. The number of hydrogen-bond acceptors (Lipinski definition) is 2. The number of rotatable bonds is 4. The summed E-state index contributed by atoms with van der Waals surface area (Å²) in [5, 5.41) is 0. The second-order valence-corrected chi connectivity index (χ2v) is 4.82. The highest BCUT2D eigenvalue weighted by Gasteiger charge is 2.11. The first-order chi connectivity index (χ1) is 10.2. The molecule has 1 aromatic heterocycles. The number of aromatic amines is 1. The topological polar surface area (TPSA) is 31.9 Å². The van der Waals surface area contributed by atoms with Crippen LogP contribution in [-0.4, -0.2) is 16.5 Å². The van der Waals surface area contributed by atoms with Crippen LogP contribution < -0.4 is 4.90 Å². The Hall–Kier alpha value is -2.43. The molecule has 0 saturated heterocycles. The van der Waals surface area contributed by atoms with Crippen LogP contribution in [-0.2, 0) is 6.54 Å². The molecule has 0 fully saturated rings. The molecule has 0 radical (unpaired) electrons. The Bertz CT molecular complexity index is 714. The number of nitrogens with zero attached hydrogens (tertiary/aromatic N) is 2. The fourth-order valence-electron chi connectivity index (χ4n) is 2.34. The van der Waals surface area contributed by atoms with Gasteiger partial charge in [-0.25, -0.2) is 13.8 Å². The molecule has 0 unspecified atom stereocenters. The van der Waals surface area contributed by atoms with Gasteiger partial charge < -0.3 is 9.88 Å². The van der Waals surface area contributed by atoms with Gasteiger partial charge in [0.15, 0.2) is 11.6 Å². The summed E-state index contributed by atoms with van der Waals surface area (Å²) in [6, 6.07) is 12.2. The van der Waals surface area contributed by atoms with Crippen molar-refractivity contribution in [3.05, 3.63) is 59.9 Å². The number of H-pyrrole nitrogens is 1. The molecule has 0 amide bonds. The number of nitrogens with one attached hydrogen (secondary N) is 1. The van der Waals surface area contributed by atoms with E-state index in [-0.39, 0.29) is 0 Å². The van der Waals surface area contributed by atoms with Crippen LogP contribution in [0.2, 0.25) is 0 Å². The van der Waals surface area contributed by atoms with E-state index in [0.717, 1.165) is 24.4 Å². The molecule has 0 saturated carbocycles. The molecule has 3 nitrogen and oxygen atoms in total. The van der Waals surface area contributed by atoms with Gasteiger partial charge in [0.1, 0.15) is 5.82 Å². The summed E-state index contributed by atoms with van der Waals surface area (Å²) in [4.78, 5) is 9.49. The van der Waals surface area contributed by atoms with Crippen molar-refractivity contribution in [3.8, 4) is 0 Å². The first-order valence-electron chi connectivity index (χ1n) is 6.81. The number of halogens is 2. The van der Waals surface area contributed by atoms with E-state index in [9.17, 15) is 8.78 Å². The van der Waals surface area contributed by atoms with E-state index in [2.05, 4.69) is 21.8 Å². The predicted octanol–water partition coefficient (Wildman–Crippen LogP) is 3.87. The fraction of sp³-hybridized carbons (Fsp3) is 0.188. The first-order valence-corrected chi connectivity index (χ1v) is 6.81. The lowest BCUT2D eigenvalue weighted by Gasteiger charge is -2.21. The minimum Gasteiger partial charge on any atom is -0.364 e. The van der Waals surface area contributed by atoms with Crippen molar-refractivity contribution < 1.29 is 8.78 Å². The predicted molar refractivity (Wildman–Crippen MR) is 79.2 cm³/mol. The van der Waals surface area contributed by atoms with Crippen LogP contribution in [0.25, 0.3) is 11.0 Å². The van der Waals surface area contributed by atoms with Gasteiger partial charge in [0, 0.05) is 24.4 Å². The molecule has 3 rings (SSSR count). The van der Waals surface area contributed by atoms with Gasteiger partial charge in [0.25, 0.3) is 0 Å². The Kier molecular flexibility index (Phi) is 3.56. The highest BCUT2D eigenvalue weighted by Crippen LogP contribution is 2.19. The van der Waals surface area contributed by atoms with Crippen molar-refractivity contribution in [2.24, 2.45) is 0 Å². The summed E-state index contributed by atoms with van der Waals surface area (Å²) in [5.74, 6) is -1.07. The van der Waals surface area contributed by atoms with Crippen molar-refractivity contribution >= 4 is 16.7 Å². The maximum Gasteiger partial charge on any atom is 0.161 e. The molecule has 5 heteroatoms. The highest BCUT2D eigenvalue weighted by molar-refractivity contribution is 5.75. The van der Waals surface area contributed by atoms with Crippen molar-refractivity contribution in [1.82, 2.24) is 9.97 Å². The highest BCUT2D eigenvalue weighted by atomic mass is 19.2. The third-order valence-corrected chi connectivity index (χ3v) is 3.42. The van der Waals surface area contributed by atoms with Crippen molar-refractivity contribution in [2.45, 2.75) is 13.5 Å². The molecule has 0 aliphatic heterocycles. The fourth-order valence-corrected chi connectivity index (χ4v) is 2.34. The molecule has 0 atom stereocenters. The van der Waals surface area contributed by atoms with Crippen LogP contribution in [0.15, 0.2) is 42.5 Å². The van der Waals surface area contributed by atoms with Crippen LogP contribution in [0, 0.1) is 11.6 Å². The van der Waals surface area contributed by atoms with Crippen LogP contribution >= 0.6 is 0 Å². The Morgan fingerprint density at radius 1 is 1.10 bits per heavy atom. The minimum atomic E-state index is -0.879. The number of anilines is 1. The van der Waals surface area contributed by atoms with Crippen LogP contribution in [0.4, 0.5) is 14.5 Å². The molecule has 1 N–H and O–H groups in total. The second kappa shape index (κ2) is 5.52. The third-order valence-electron chi connectivity index (χ3n) is 3.42. The van der Waals surface area contributed by atoms with Gasteiger partial charge in [-0.05, 0) is 19.1 Å². The molecule has 3 aromatic rings. The van der Waals surface area contributed by atoms with E-state index < -0.39 is 11.6 Å². The van der Waals surface area contributed by atoms with Gasteiger partial charge in [0.05, 0.1) is 17.6 Å². The number of fused-ring (bicyclic) bond motifs is 1. The Morgan fingerprint density at radius 2 is 1.81 bits per heavy atom. The second-order valence-electron chi connectivity index (χ2n) is 4.82. The van der Waals surface area contributed by atoms with Gasteiger partial charge in [-0.1, -0.05) is 18.2 Å². The molecule has 108 valence electrons. The van der Waals surface area contributed by atoms with E-state index >= 15 is 0 Å². The lowest BCUT2D eigenvalue weighted by molar-refractivity contribution is 0.510. The minimum absolute atomic E-state index is 0.438. The Labute approximate surface area is 121 Å². The lowest BCUT2D eigenvalue weighted by Crippen LogP contribution is -2.22. The Morgan fingerprint density at radius 3 is 2.52 bits per heavy atom. The molecule has 0 bridgehead atoms. The normalized spacial score (nSPS) is 11.0. The zero-order valence-electron chi connectivity index (χ0n) is 11.6. The largest absolute Gasteiger partial charge is 0.364 e. The van der Waals surface area contributed by atoms with E-state index in [0.29, 0.717) is 23.4 Å². The molecule has 2 aromatic carbocycles. The summed E-state index contributed by atoms with van der Waals surface area (Å²) in [6.45, 7) is 3.41. The summed E-state index contributed by atoms with van der Waals surface area (Å²) in [6.07, 6.45) is 0. The van der Waals surface area contributed by atoms with Crippen LogP contribution in [0.3, 0.4) is 0 Å². The summed E-state index contributed by atoms with van der Waals surface area (Å²) < 4.78 is 26.4. The molecule has 0 aliphatic rings. The van der Waals surface area contributed by atoms with Gasteiger partial charge in [-0.15, -0.1) is 0 Å². The molecule has 0 spiro atoms. The standard InChI is InChI=1S/C16H15F2N3/c1-2-21(11-6-4-3-5-7-11)10-16-19-14-8-12(17)13(18)9-15(14)20-16/h3-9H,2,10H2,1H3,(H,19,20). The van der Waals surface area contributed by atoms with E-state index in [1.165, 1.54) is 0 Å². The lowest BCUT2D eigenvalue weighted by atomic mass is 10.3. The zero-order valence-corrected chi connectivity index (χ0v) is 11.6. The molecular weight excluding hydrogens is 272 g/mol. The van der Waals surface area contributed by atoms with E-state index in [1.807, 2.05) is 30.3 Å². The number of imidazole rings is 1. The van der Waals surface area contributed by atoms with E-state index in [4.69, 9.17) is 0 Å². The maximum absolute atomic E-state index is 13.2. The molecule has 0 aliphatic carbocycles. The average Bonchev–Trinajstić information content (AvgIpc) is 2.87. The van der Waals surface area contributed by atoms with Crippen molar-refractivity contribution in [2.75, 3.05) is 11.4 Å². The SMILES string of the molecule is CCN(Cc1nc2cc(F)c(F)cc2[nH]1)c1ccccc1. The summed E-state index contributed by atoms with van der Waals surface area (Å²) in [7, 11) is 0. The van der Waals surface area contributed by atoms with Crippen LogP contribution in [0.5, 0.6) is 0 Å². The molecule has 21 heavy (non-hydrogen) atoms. The van der Waals surface area contributed by atoms with Gasteiger partial charge >= 0.3 is 0 Å². The summed E-state index contributed by atoms with van der Waals surface area (Å²) in [5.41, 5.74) is 2.03. The zero-order chi connectivity index (χ0) is 14.8. The van der Waals surface area contributed by atoms with Gasteiger partial charge in [0.2, 0.25) is 0 Å². The quantitative estimate of drug-likeness (QED) is 0.790. The number of aromatic nitrogens is 2. The molecule has 1 heterocycles. The summed E-state index contributed by atoms with van der Waals surface area (Å²) >= 11 is 0. The van der Waals surface area contributed by atoms with Gasteiger partial charge in [-0.3, -0.25) is 0 Å². The van der Waals surface area contributed by atoms with Crippen molar-refractivity contribution in [1.29, 1.82) is 0 Å². The monoisotopic (exact) mass is 287 g/mol. The van der Waals surface area contributed by atoms with E-state index in [1.54, 1.807) is 0 Å². The molecular formula is C16H15F2N3. The number of hydrogen-bond donors (Lipinski definition) is 1. The van der Waals surface area contributed by atoms with Crippen LogP contribution in [0.1, 0.15) is 12.7 Å². The smallest absolute Gasteiger partial charge is 0.161 e. The number of benzene rings is 2. The third kappa shape index (κ3) is 2.72. The first kappa shape index (κ1) is 13.5. The van der Waals surface area contributed by atoms with Gasteiger partial charge in [-0.2, -0.15) is 0 Å². The maximum atomic E-state index is 13.2. The Balaban J connectivity index is 1.90. The van der Waals surface area contributed by atoms with Crippen molar-refractivity contribution in [3.63, 3.8) is 0 Å².